The number of anilines is 1. The van der Waals surface area contributed by atoms with E-state index in [9.17, 15) is 0 Å². The van der Waals surface area contributed by atoms with Crippen LogP contribution in [0, 0.1) is 0 Å². The van der Waals surface area contributed by atoms with Gasteiger partial charge in [-0.1, -0.05) is 0 Å². The summed E-state index contributed by atoms with van der Waals surface area (Å²) in [5, 5.41) is 0. The molecule has 2 heterocycles. The summed E-state index contributed by atoms with van der Waals surface area (Å²) in [6.45, 7) is 4.31. The van der Waals surface area contributed by atoms with Crippen LogP contribution in [-0.2, 0) is 0 Å². The standard InChI is InChI=1S/C14H23N5/c15-12-2-4-13(5-3-12)18-8-10-19(11-9-18)14-16-6-1-7-17-14/h1,6-7,12-13H,2-5,8-11,15H2. The van der Waals surface area contributed by atoms with Crippen LogP contribution in [0.25, 0.3) is 0 Å². The Kier molecular flexibility index (Phi) is 3.94. The van der Waals surface area contributed by atoms with Crippen LogP contribution in [0.2, 0.25) is 0 Å². The van der Waals surface area contributed by atoms with Crippen molar-refractivity contribution in [3.05, 3.63) is 18.5 Å². The van der Waals surface area contributed by atoms with Gasteiger partial charge >= 0.3 is 0 Å². The van der Waals surface area contributed by atoms with Gasteiger partial charge in [0.1, 0.15) is 0 Å². The molecule has 2 aliphatic rings. The van der Waals surface area contributed by atoms with Gasteiger partial charge in [0.05, 0.1) is 0 Å². The molecule has 0 bridgehead atoms. The van der Waals surface area contributed by atoms with Gasteiger partial charge in [-0.05, 0) is 31.7 Å². The highest BCUT2D eigenvalue weighted by Crippen LogP contribution is 2.23. The van der Waals surface area contributed by atoms with Gasteiger partial charge in [-0.15, -0.1) is 0 Å². The van der Waals surface area contributed by atoms with Gasteiger partial charge < -0.3 is 10.6 Å². The van der Waals surface area contributed by atoms with E-state index < -0.39 is 0 Å². The lowest BCUT2D eigenvalue weighted by atomic mass is 9.90. The fourth-order valence-electron chi connectivity index (χ4n) is 3.21. The number of rotatable bonds is 2. The van der Waals surface area contributed by atoms with Crippen LogP contribution in [0.1, 0.15) is 25.7 Å². The SMILES string of the molecule is NC1CCC(N2CCN(c3ncccn3)CC2)CC1. The predicted molar refractivity (Wildman–Crippen MR) is 76.0 cm³/mol. The number of hydrogen-bond acceptors (Lipinski definition) is 5. The lowest BCUT2D eigenvalue weighted by molar-refractivity contribution is 0.141. The predicted octanol–water partition coefficient (Wildman–Crippen LogP) is 0.868. The largest absolute Gasteiger partial charge is 0.338 e. The summed E-state index contributed by atoms with van der Waals surface area (Å²) in [5.74, 6) is 0.868. The van der Waals surface area contributed by atoms with E-state index in [4.69, 9.17) is 5.73 Å². The maximum absolute atomic E-state index is 5.98. The van der Waals surface area contributed by atoms with Crippen LogP contribution in [0.3, 0.4) is 0 Å². The summed E-state index contributed by atoms with van der Waals surface area (Å²) in [6.07, 6.45) is 8.54. The van der Waals surface area contributed by atoms with Crippen molar-refractivity contribution in [3.63, 3.8) is 0 Å². The second-order valence-corrected chi connectivity index (χ2v) is 5.64. The molecule has 2 fully saturated rings. The van der Waals surface area contributed by atoms with Crippen molar-refractivity contribution in [1.29, 1.82) is 0 Å². The average Bonchev–Trinajstić information content (AvgIpc) is 2.49. The Bertz CT molecular complexity index is 380. The van der Waals surface area contributed by atoms with E-state index in [1.54, 1.807) is 0 Å². The Labute approximate surface area is 114 Å². The third-order valence-corrected chi connectivity index (χ3v) is 4.41. The van der Waals surface area contributed by atoms with Crippen LogP contribution in [0.4, 0.5) is 5.95 Å². The molecule has 0 spiro atoms. The van der Waals surface area contributed by atoms with Crippen LogP contribution in [0.5, 0.6) is 0 Å². The lowest BCUT2D eigenvalue weighted by Gasteiger charge is -2.41. The van der Waals surface area contributed by atoms with E-state index in [1.807, 2.05) is 18.5 Å². The molecule has 0 unspecified atom stereocenters. The minimum Gasteiger partial charge on any atom is -0.338 e. The quantitative estimate of drug-likeness (QED) is 0.856. The second-order valence-electron chi connectivity index (χ2n) is 5.64. The summed E-state index contributed by atoms with van der Waals surface area (Å²) in [7, 11) is 0. The number of nitrogens with zero attached hydrogens (tertiary/aromatic N) is 4. The summed E-state index contributed by atoms with van der Waals surface area (Å²) in [6, 6.07) is 3.05. The lowest BCUT2D eigenvalue weighted by Crippen LogP contribution is -2.52. The molecule has 5 nitrogen and oxygen atoms in total. The fraction of sp³-hybridized carbons (Fsp3) is 0.714. The normalized spacial score (nSPS) is 29.4. The van der Waals surface area contributed by atoms with Crippen molar-refractivity contribution in [2.75, 3.05) is 31.1 Å². The maximum Gasteiger partial charge on any atom is 0.225 e. The van der Waals surface area contributed by atoms with E-state index in [0.717, 1.165) is 38.2 Å². The molecule has 104 valence electrons. The molecule has 1 saturated carbocycles. The zero-order valence-corrected chi connectivity index (χ0v) is 11.4. The first-order valence-corrected chi connectivity index (χ1v) is 7.34. The molecule has 5 heteroatoms. The molecule has 1 aliphatic heterocycles. The second kappa shape index (κ2) is 5.84. The minimum absolute atomic E-state index is 0.440. The number of hydrogen-bond donors (Lipinski definition) is 1. The third kappa shape index (κ3) is 3.04. The van der Waals surface area contributed by atoms with Crippen LogP contribution in [0.15, 0.2) is 18.5 Å². The molecule has 1 aromatic rings. The van der Waals surface area contributed by atoms with Gasteiger partial charge in [0.25, 0.3) is 0 Å². The van der Waals surface area contributed by atoms with Crippen LogP contribution < -0.4 is 10.6 Å². The fourth-order valence-corrected chi connectivity index (χ4v) is 3.21. The molecule has 1 aromatic heterocycles. The van der Waals surface area contributed by atoms with E-state index in [1.165, 1.54) is 25.7 Å². The highest BCUT2D eigenvalue weighted by Gasteiger charge is 2.27. The van der Waals surface area contributed by atoms with Gasteiger partial charge in [-0.2, -0.15) is 0 Å². The summed E-state index contributed by atoms with van der Waals surface area (Å²) < 4.78 is 0. The van der Waals surface area contributed by atoms with E-state index in [-0.39, 0.29) is 0 Å². The molecule has 0 radical (unpaired) electrons. The molecule has 0 atom stereocenters. The molecular formula is C14H23N5. The van der Waals surface area contributed by atoms with E-state index >= 15 is 0 Å². The van der Waals surface area contributed by atoms with Gasteiger partial charge in [-0.3, -0.25) is 4.90 Å². The van der Waals surface area contributed by atoms with Crippen molar-refractivity contribution in [1.82, 2.24) is 14.9 Å². The van der Waals surface area contributed by atoms with Gasteiger partial charge in [0.15, 0.2) is 0 Å². The Morgan fingerprint density at radius 2 is 1.58 bits per heavy atom. The van der Waals surface area contributed by atoms with E-state index in [2.05, 4.69) is 19.8 Å². The van der Waals surface area contributed by atoms with Crippen molar-refractivity contribution in [3.8, 4) is 0 Å². The molecule has 0 amide bonds. The summed E-state index contributed by atoms with van der Waals surface area (Å²) >= 11 is 0. The molecule has 1 aliphatic carbocycles. The van der Waals surface area contributed by atoms with Gasteiger partial charge in [-0.25, -0.2) is 9.97 Å². The molecule has 1 saturated heterocycles. The highest BCUT2D eigenvalue weighted by atomic mass is 15.3. The number of piperazine rings is 1. The Morgan fingerprint density at radius 1 is 0.947 bits per heavy atom. The zero-order valence-electron chi connectivity index (χ0n) is 11.4. The first kappa shape index (κ1) is 12.8. The first-order valence-electron chi connectivity index (χ1n) is 7.34. The topological polar surface area (TPSA) is 58.3 Å². The molecular weight excluding hydrogens is 238 g/mol. The van der Waals surface area contributed by atoms with Crippen LogP contribution >= 0.6 is 0 Å². The van der Waals surface area contributed by atoms with E-state index in [0.29, 0.717) is 6.04 Å². The van der Waals surface area contributed by atoms with Gasteiger partial charge in [0.2, 0.25) is 5.95 Å². The Hall–Kier alpha value is -1.20. The maximum atomic E-state index is 5.98. The van der Waals surface area contributed by atoms with Crippen LogP contribution in [-0.4, -0.2) is 53.1 Å². The highest BCUT2D eigenvalue weighted by molar-refractivity contribution is 5.29. The third-order valence-electron chi connectivity index (χ3n) is 4.41. The molecule has 0 aromatic carbocycles. The van der Waals surface area contributed by atoms with Crippen molar-refractivity contribution >= 4 is 5.95 Å². The molecule has 2 N–H and O–H groups in total. The van der Waals surface area contributed by atoms with Gasteiger partial charge in [0, 0.05) is 50.7 Å². The summed E-state index contributed by atoms with van der Waals surface area (Å²) in [5.41, 5.74) is 5.98. The van der Waals surface area contributed by atoms with Crippen molar-refractivity contribution in [2.45, 2.75) is 37.8 Å². The minimum atomic E-state index is 0.440. The first-order chi connectivity index (χ1) is 9.33. The van der Waals surface area contributed by atoms with Crippen molar-refractivity contribution in [2.24, 2.45) is 5.73 Å². The number of nitrogens with two attached hydrogens (primary N) is 1. The summed E-state index contributed by atoms with van der Waals surface area (Å²) in [4.78, 5) is 13.6. The zero-order chi connectivity index (χ0) is 13.1. The Balaban J connectivity index is 1.52. The molecule has 19 heavy (non-hydrogen) atoms. The monoisotopic (exact) mass is 261 g/mol. The molecule has 3 rings (SSSR count). The average molecular weight is 261 g/mol. The number of aromatic nitrogens is 2. The Morgan fingerprint density at radius 3 is 2.21 bits per heavy atom. The van der Waals surface area contributed by atoms with Crippen molar-refractivity contribution < 1.29 is 0 Å². The smallest absolute Gasteiger partial charge is 0.225 e.